The minimum Gasteiger partial charge on any atom is -0.481 e. The van der Waals surface area contributed by atoms with Crippen LogP contribution in [0.15, 0.2) is 22.4 Å². The predicted molar refractivity (Wildman–Crippen MR) is 135 cm³/mol. The highest BCUT2D eigenvalue weighted by Crippen LogP contribution is 2.33. The maximum atomic E-state index is 13.4. The number of morpholine rings is 1. The Kier molecular flexibility index (Phi) is 7.91. The lowest BCUT2D eigenvalue weighted by Gasteiger charge is -2.29. The fourth-order valence-corrected chi connectivity index (χ4v) is 6.56. The van der Waals surface area contributed by atoms with E-state index in [1.54, 1.807) is 12.1 Å². The highest BCUT2D eigenvalue weighted by atomic mass is 32.2. The number of rotatable bonds is 8. The number of ketones is 1. The first-order valence-electron chi connectivity index (χ1n) is 11.6. The summed E-state index contributed by atoms with van der Waals surface area (Å²) >= 11 is 0.680. The Hall–Kier alpha value is -3.03. The molecule has 2 aromatic rings. The number of urea groups is 1. The van der Waals surface area contributed by atoms with Crippen molar-refractivity contribution < 1.29 is 32.6 Å². The zero-order valence-electron chi connectivity index (χ0n) is 19.8. The molecule has 1 aromatic heterocycles. The number of carbonyl (C=O) groups is 3. The summed E-state index contributed by atoms with van der Waals surface area (Å²) in [6.45, 7) is 2.61. The Bertz CT molecular complexity index is 1260. The molecule has 2 heterocycles. The van der Waals surface area contributed by atoms with Gasteiger partial charge in [-0.25, -0.2) is 18.2 Å². The first-order valence-corrected chi connectivity index (χ1v) is 14.3. The van der Waals surface area contributed by atoms with Gasteiger partial charge in [0.1, 0.15) is 4.21 Å². The van der Waals surface area contributed by atoms with Crippen molar-refractivity contribution in [1.82, 2.24) is 4.98 Å². The van der Waals surface area contributed by atoms with Crippen LogP contribution in [-0.4, -0.2) is 68.9 Å². The molecule has 1 saturated heterocycles. The summed E-state index contributed by atoms with van der Waals surface area (Å²) in [5, 5.41) is 14.2. The van der Waals surface area contributed by atoms with Crippen molar-refractivity contribution in [3.8, 4) is 0 Å². The molecule has 194 valence electrons. The second kappa shape index (κ2) is 10.9. The van der Waals surface area contributed by atoms with Crippen LogP contribution < -0.4 is 15.5 Å². The number of nitrogens with one attached hydrogen (secondary N) is 2. The number of nitrogens with zero attached hydrogens (tertiary/aromatic N) is 2. The third-order valence-corrected chi connectivity index (χ3v) is 9.03. The molecule has 1 aliphatic heterocycles. The number of carbonyl (C=O) groups excluding carboxylic acids is 2. The van der Waals surface area contributed by atoms with Gasteiger partial charge in [0.2, 0.25) is 0 Å². The summed E-state index contributed by atoms with van der Waals surface area (Å²) < 4.78 is 29.3. The average Bonchev–Trinajstić information content (AvgIpc) is 3.49. The van der Waals surface area contributed by atoms with Crippen LogP contribution in [0.4, 0.5) is 21.3 Å². The number of carboxylic acid groups (broad SMARTS) is 1. The van der Waals surface area contributed by atoms with Crippen LogP contribution in [0.2, 0.25) is 0 Å². The van der Waals surface area contributed by atoms with Gasteiger partial charge in [-0.15, -0.1) is 0 Å². The van der Waals surface area contributed by atoms with Gasteiger partial charge < -0.3 is 20.1 Å². The van der Waals surface area contributed by atoms with E-state index < -0.39 is 28.3 Å². The third-order valence-electron chi connectivity index (χ3n) is 6.16. The number of aromatic nitrogens is 1. The van der Waals surface area contributed by atoms with Crippen LogP contribution in [0.5, 0.6) is 0 Å². The van der Waals surface area contributed by atoms with E-state index >= 15 is 0 Å². The number of hydrogen-bond acceptors (Lipinski definition) is 9. The molecule has 2 amide bonds. The number of benzene rings is 1. The largest absolute Gasteiger partial charge is 0.481 e. The number of sulfone groups is 1. The predicted octanol–water partition coefficient (Wildman–Crippen LogP) is 3.03. The highest BCUT2D eigenvalue weighted by Gasteiger charge is 2.28. The van der Waals surface area contributed by atoms with E-state index in [0.29, 0.717) is 48.9 Å². The molecule has 1 saturated carbocycles. The molecular formula is C23H28N4O7S2. The van der Waals surface area contributed by atoms with E-state index in [1.165, 1.54) is 0 Å². The minimum atomic E-state index is -3.73. The molecule has 3 N–H and O–H groups in total. The van der Waals surface area contributed by atoms with Crippen LogP contribution >= 0.6 is 11.3 Å². The molecule has 36 heavy (non-hydrogen) atoms. The van der Waals surface area contributed by atoms with Crippen molar-refractivity contribution in [2.75, 3.05) is 48.1 Å². The van der Waals surface area contributed by atoms with Gasteiger partial charge >= 0.3 is 12.0 Å². The smallest absolute Gasteiger partial charge is 0.325 e. The molecule has 0 unspecified atom stereocenters. The van der Waals surface area contributed by atoms with Crippen molar-refractivity contribution in [2.24, 2.45) is 5.92 Å². The summed E-state index contributed by atoms with van der Waals surface area (Å²) in [5.41, 5.74) is 1.49. The molecule has 11 nitrogen and oxygen atoms in total. The van der Waals surface area contributed by atoms with Gasteiger partial charge in [-0.1, -0.05) is 24.2 Å². The number of aliphatic carboxylic acids is 1. The van der Waals surface area contributed by atoms with Crippen molar-refractivity contribution in [3.63, 3.8) is 0 Å². The Morgan fingerprint density at radius 1 is 1.17 bits per heavy atom. The van der Waals surface area contributed by atoms with Crippen molar-refractivity contribution in [2.45, 2.75) is 36.3 Å². The molecule has 4 rings (SSSR count). The zero-order valence-corrected chi connectivity index (χ0v) is 21.4. The summed E-state index contributed by atoms with van der Waals surface area (Å²) in [4.78, 5) is 43.4. The number of anilines is 3. The van der Waals surface area contributed by atoms with E-state index in [2.05, 4.69) is 20.5 Å². The summed E-state index contributed by atoms with van der Waals surface area (Å²) in [7, 11) is -3.73. The zero-order chi connectivity index (χ0) is 25.9. The molecule has 1 aliphatic carbocycles. The van der Waals surface area contributed by atoms with E-state index in [9.17, 15) is 22.8 Å². The number of carboxylic acids is 1. The van der Waals surface area contributed by atoms with E-state index in [4.69, 9.17) is 9.84 Å². The lowest BCUT2D eigenvalue weighted by molar-refractivity contribution is -0.136. The molecule has 0 radical (unpaired) electrons. The van der Waals surface area contributed by atoms with E-state index in [1.807, 2.05) is 6.07 Å². The highest BCUT2D eigenvalue weighted by molar-refractivity contribution is 7.92. The first-order chi connectivity index (χ1) is 17.1. The van der Waals surface area contributed by atoms with Gasteiger partial charge in [0.25, 0.3) is 0 Å². The molecule has 0 spiro atoms. The first kappa shape index (κ1) is 26.0. The number of Topliss-reactive ketones (excluding diaryl/α,β-unsaturated/α-hetero) is 1. The number of thiazole rings is 1. The molecule has 0 atom stereocenters. The van der Waals surface area contributed by atoms with Gasteiger partial charge in [-0.3, -0.25) is 14.9 Å². The van der Waals surface area contributed by atoms with Gasteiger partial charge in [0.05, 0.1) is 31.0 Å². The van der Waals surface area contributed by atoms with Gasteiger partial charge in [0.15, 0.2) is 20.8 Å². The molecular weight excluding hydrogens is 508 g/mol. The number of amides is 2. The molecule has 13 heteroatoms. The topological polar surface area (TPSA) is 155 Å². The lowest BCUT2D eigenvalue weighted by atomic mass is 9.94. The molecule has 0 bridgehead atoms. The summed E-state index contributed by atoms with van der Waals surface area (Å²) in [6, 6.07) is 4.61. The summed E-state index contributed by atoms with van der Waals surface area (Å²) in [6.07, 6.45) is 3.97. The van der Waals surface area contributed by atoms with E-state index in [0.717, 1.165) is 37.6 Å². The maximum Gasteiger partial charge on any atom is 0.325 e. The Balaban J connectivity index is 1.57. The van der Waals surface area contributed by atoms with Crippen molar-refractivity contribution in [3.05, 3.63) is 29.5 Å². The van der Waals surface area contributed by atoms with Crippen LogP contribution in [0.3, 0.4) is 0 Å². The van der Waals surface area contributed by atoms with Gasteiger partial charge in [-0.2, -0.15) is 0 Å². The minimum absolute atomic E-state index is 0.0183. The van der Waals surface area contributed by atoms with Gasteiger partial charge in [-0.05, 0) is 31.0 Å². The average molecular weight is 537 g/mol. The second-order valence-corrected chi connectivity index (χ2v) is 12.1. The Morgan fingerprint density at radius 3 is 2.50 bits per heavy atom. The quantitative estimate of drug-likeness (QED) is 0.432. The SMILES string of the molecule is CS(=O)(=O)c1sc(NC(=O)Nc2ccc(N3CCOCC3)cc2C(=O)C2CCCC2)nc1CC(=O)O. The Labute approximate surface area is 212 Å². The Morgan fingerprint density at radius 2 is 1.86 bits per heavy atom. The van der Waals surface area contributed by atoms with Crippen molar-refractivity contribution in [1.29, 1.82) is 0 Å². The monoisotopic (exact) mass is 536 g/mol. The fourth-order valence-electron chi connectivity index (χ4n) is 4.46. The normalized spacial score (nSPS) is 16.6. The van der Waals surface area contributed by atoms with Crippen LogP contribution in [-0.2, 0) is 25.8 Å². The second-order valence-electron chi connectivity index (χ2n) is 8.85. The third kappa shape index (κ3) is 6.20. The summed E-state index contributed by atoms with van der Waals surface area (Å²) in [5.74, 6) is -1.35. The number of hydrogen-bond donors (Lipinski definition) is 3. The number of ether oxygens (including phenoxy) is 1. The van der Waals surface area contributed by atoms with Crippen molar-refractivity contribution >= 4 is 55.5 Å². The van der Waals surface area contributed by atoms with Crippen LogP contribution in [0.25, 0.3) is 0 Å². The molecule has 2 aliphatic rings. The maximum absolute atomic E-state index is 13.4. The molecule has 2 fully saturated rings. The standard InChI is InChI=1S/C23H28N4O7S2/c1-36(32,33)21-18(13-19(28)29)25-23(35-21)26-22(31)24-17-7-6-15(27-8-10-34-11-9-27)12-16(17)20(30)14-4-2-3-5-14/h6-7,12,14H,2-5,8-11,13H2,1H3,(H,28,29)(H2,24,25,26,31). The van der Waals surface area contributed by atoms with Crippen LogP contribution in [0, 0.1) is 5.92 Å². The molecule has 1 aromatic carbocycles. The fraction of sp³-hybridized carbons (Fsp3) is 0.478. The van der Waals surface area contributed by atoms with Gasteiger partial charge in [0, 0.05) is 36.5 Å². The van der Waals surface area contributed by atoms with E-state index in [-0.39, 0.29) is 26.7 Å². The lowest BCUT2D eigenvalue weighted by Crippen LogP contribution is -2.36. The van der Waals surface area contributed by atoms with Crippen LogP contribution in [0.1, 0.15) is 41.7 Å².